The summed E-state index contributed by atoms with van der Waals surface area (Å²) < 4.78 is 5.31. The van der Waals surface area contributed by atoms with Crippen LogP contribution in [0, 0.1) is 10.1 Å². The number of nitro groups is 1. The second-order valence-electron chi connectivity index (χ2n) is 4.75. The van der Waals surface area contributed by atoms with Crippen LogP contribution in [0.15, 0.2) is 53.6 Å². The third kappa shape index (κ3) is 4.05. The molecule has 0 heterocycles. The van der Waals surface area contributed by atoms with E-state index in [9.17, 15) is 10.1 Å². The molecule has 0 amide bonds. The molecule has 0 aliphatic rings. The summed E-state index contributed by atoms with van der Waals surface area (Å²) in [4.78, 5) is 10.2. The molecule has 0 aliphatic carbocycles. The van der Waals surface area contributed by atoms with Gasteiger partial charge in [-0.1, -0.05) is 18.2 Å². The predicted molar refractivity (Wildman–Crippen MR) is 86.5 cm³/mol. The zero-order valence-electron chi connectivity index (χ0n) is 12.4. The van der Waals surface area contributed by atoms with Crippen molar-refractivity contribution in [2.24, 2.45) is 5.10 Å². The predicted octanol–water partition coefficient (Wildman–Crippen LogP) is 3.63. The molecule has 2 aromatic rings. The van der Waals surface area contributed by atoms with Crippen LogP contribution in [0.2, 0.25) is 0 Å². The van der Waals surface area contributed by atoms with Gasteiger partial charge in [0.15, 0.2) is 0 Å². The Morgan fingerprint density at radius 3 is 2.55 bits per heavy atom. The number of nitro benzene ring substituents is 1. The van der Waals surface area contributed by atoms with Crippen molar-refractivity contribution in [2.45, 2.75) is 13.3 Å². The quantitative estimate of drug-likeness (QED) is 0.502. The lowest BCUT2D eigenvalue weighted by Crippen LogP contribution is -2.03. The van der Waals surface area contributed by atoms with Gasteiger partial charge in [0.2, 0.25) is 0 Å². The molecule has 0 bridgehead atoms. The van der Waals surface area contributed by atoms with Gasteiger partial charge >= 0.3 is 0 Å². The molecule has 0 atom stereocenters. The molecule has 0 spiro atoms. The minimum Gasteiger partial charge on any atom is -0.496 e. The van der Waals surface area contributed by atoms with Crippen molar-refractivity contribution < 1.29 is 9.66 Å². The van der Waals surface area contributed by atoms with Crippen LogP contribution in [0.5, 0.6) is 5.75 Å². The molecule has 2 rings (SSSR count). The first kappa shape index (κ1) is 15.5. The largest absolute Gasteiger partial charge is 0.496 e. The molecule has 0 radical (unpaired) electrons. The summed E-state index contributed by atoms with van der Waals surface area (Å²) in [5.41, 5.74) is 5.58. The Morgan fingerprint density at radius 2 is 1.91 bits per heavy atom. The van der Waals surface area contributed by atoms with E-state index in [1.54, 1.807) is 19.2 Å². The van der Waals surface area contributed by atoms with E-state index < -0.39 is 4.92 Å². The van der Waals surface area contributed by atoms with Gasteiger partial charge < -0.3 is 4.74 Å². The molecular formula is C16H17N3O3. The molecule has 22 heavy (non-hydrogen) atoms. The number of rotatable bonds is 6. The number of hydrogen-bond donors (Lipinski definition) is 1. The van der Waals surface area contributed by atoms with Crippen molar-refractivity contribution in [3.8, 4) is 5.75 Å². The standard InChI is InChI=1S/C16H17N3O3/c1-12(11-13-5-3-4-6-16(13)22-2)17-18-14-7-9-15(10-8-14)19(20)21/h3-10,18H,11H2,1-2H3/b17-12+. The number of ether oxygens (including phenoxy) is 1. The SMILES string of the molecule is COc1ccccc1C/C(C)=N/Nc1ccc([N+](=O)[O-])cc1. The first-order chi connectivity index (χ1) is 10.6. The summed E-state index contributed by atoms with van der Waals surface area (Å²) in [6.45, 7) is 1.91. The first-order valence-corrected chi connectivity index (χ1v) is 6.75. The van der Waals surface area contributed by atoms with E-state index in [-0.39, 0.29) is 5.69 Å². The maximum Gasteiger partial charge on any atom is 0.269 e. The van der Waals surface area contributed by atoms with Crippen molar-refractivity contribution in [1.29, 1.82) is 0 Å². The fourth-order valence-corrected chi connectivity index (χ4v) is 1.98. The lowest BCUT2D eigenvalue weighted by atomic mass is 10.1. The third-order valence-corrected chi connectivity index (χ3v) is 3.09. The Balaban J connectivity index is 2.02. The number of anilines is 1. The molecule has 0 saturated heterocycles. The van der Waals surface area contributed by atoms with Gasteiger partial charge in [-0.2, -0.15) is 5.10 Å². The maximum atomic E-state index is 10.6. The van der Waals surface area contributed by atoms with E-state index >= 15 is 0 Å². The smallest absolute Gasteiger partial charge is 0.269 e. The number of non-ortho nitro benzene ring substituents is 1. The molecular weight excluding hydrogens is 282 g/mol. The van der Waals surface area contributed by atoms with Crippen LogP contribution in [0.3, 0.4) is 0 Å². The van der Waals surface area contributed by atoms with Crippen LogP contribution in [0.25, 0.3) is 0 Å². The van der Waals surface area contributed by atoms with Crippen LogP contribution >= 0.6 is 0 Å². The number of hydrogen-bond acceptors (Lipinski definition) is 5. The van der Waals surface area contributed by atoms with Crippen LogP contribution in [0.4, 0.5) is 11.4 Å². The average Bonchev–Trinajstić information content (AvgIpc) is 2.54. The summed E-state index contributed by atoms with van der Waals surface area (Å²) in [6.07, 6.45) is 0.657. The van der Waals surface area contributed by atoms with Gasteiger partial charge in [-0.15, -0.1) is 0 Å². The molecule has 0 fully saturated rings. The van der Waals surface area contributed by atoms with Crippen LogP contribution in [-0.4, -0.2) is 17.7 Å². The highest BCUT2D eigenvalue weighted by molar-refractivity contribution is 5.85. The number of methoxy groups -OCH3 is 1. The Kier molecular flexibility index (Phi) is 5.08. The van der Waals surface area contributed by atoms with Gasteiger partial charge in [-0.3, -0.25) is 15.5 Å². The van der Waals surface area contributed by atoms with Crippen LogP contribution < -0.4 is 10.2 Å². The normalized spacial score (nSPS) is 11.1. The number of benzene rings is 2. The van der Waals surface area contributed by atoms with Gasteiger partial charge in [0.25, 0.3) is 5.69 Å². The summed E-state index contributed by atoms with van der Waals surface area (Å²) in [6, 6.07) is 13.9. The van der Waals surface area contributed by atoms with Crippen molar-refractivity contribution in [3.63, 3.8) is 0 Å². The second-order valence-corrected chi connectivity index (χ2v) is 4.75. The zero-order chi connectivity index (χ0) is 15.9. The Hall–Kier alpha value is -2.89. The fraction of sp³-hybridized carbons (Fsp3) is 0.188. The topological polar surface area (TPSA) is 76.8 Å². The van der Waals surface area contributed by atoms with E-state index in [1.165, 1.54) is 12.1 Å². The molecule has 0 aliphatic heterocycles. The molecule has 114 valence electrons. The highest BCUT2D eigenvalue weighted by Gasteiger charge is 2.05. The molecule has 6 heteroatoms. The van der Waals surface area contributed by atoms with E-state index in [2.05, 4.69) is 10.5 Å². The summed E-state index contributed by atoms with van der Waals surface area (Å²) in [5, 5.41) is 14.9. The highest BCUT2D eigenvalue weighted by atomic mass is 16.6. The van der Waals surface area contributed by atoms with Gasteiger partial charge in [-0.05, 0) is 30.7 Å². The lowest BCUT2D eigenvalue weighted by Gasteiger charge is -2.08. The molecule has 6 nitrogen and oxygen atoms in total. The monoisotopic (exact) mass is 299 g/mol. The third-order valence-electron chi connectivity index (χ3n) is 3.09. The van der Waals surface area contributed by atoms with Gasteiger partial charge in [0.05, 0.1) is 17.7 Å². The number of nitrogens with zero attached hydrogens (tertiary/aromatic N) is 2. The average molecular weight is 299 g/mol. The van der Waals surface area contributed by atoms with E-state index in [0.29, 0.717) is 12.1 Å². The van der Waals surface area contributed by atoms with Crippen LogP contribution in [-0.2, 0) is 6.42 Å². The van der Waals surface area contributed by atoms with E-state index in [1.807, 2.05) is 31.2 Å². The summed E-state index contributed by atoms with van der Waals surface area (Å²) in [7, 11) is 1.64. The fourth-order valence-electron chi connectivity index (χ4n) is 1.98. The van der Waals surface area contributed by atoms with Crippen LogP contribution in [0.1, 0.15) is 12.5 Å². The minimum absolute atomic E-state index is 0.0558. The first-order valence-electron chi connectivity index (χ1n) is 6.75. The van der Waals surface area contributed by atoms with E-state index in [4.69, 9.17) is 4.74 Å². The maximum absolute atomic E-state index is 10.6. The number of hydrazone groups is 1. The second kappa shape index (κ2) is 7.21. The van der Waals surface area contributed by atoms with Crippen molar-refractivity contribution >= 4 is 17.1 Å². The Morgan fingerprint density at radius 1 is 1.23 bits per heavy atom. The highest BCUT2D eigenvalue weighted by Crippen LogP contribution is 2.19. The summed E-state index contributed by atoms with van der Waals surface area (Å²) >= 11 is 0. The lowest BCUT2D eigenvalue weighted by molar-refractivity contribution is -0.384. The zero-order valence-corrected chi connectivity index (χ0v) is 12.4. The van der Waals surface area contributed by atoms with Gasteiger partial charge in [-0.25, -0.2) is 0 Å². The van der Waals surface area contributed by atoms with Crippen molar-refractivity contribution in [2.75, 3.05) is 12.5 Å². The van der Waals surface area contributed by atoms with Crippen molar-refractivity contribution in [3.05, 3.63) is 64.2 Å². The Bertz CT molecular complexity index is 681. The number of para-hydroxylation sites is 1. The van der Waals surface area contributed by atoms with Gasteiger partial charge in [0, 0.05) is 24.3 Å². The number of nitrogens with one attached hydrogen (secondary N) is 1. The van der Waals surface area contributed by atoms with Gasteiger partial charge in [0.1, 0.15) is 5.75 Å². The molecule has 0 aromatic heterocycles. The minimum atomic E-state index is -0.431. The molecule has 2 aromatic carbocycles. The summed E-state index contributed by atoms with van der Waals surface area (Å²) in [5.74, 6) is 0.826. The van der Waals surface area contributed by atoms with Crippen molar-refractivity contribution in [1.82, 2.24) is 0 Å². The molecule has 0 saturated carbocycles. The van der Waals surface area contributed by atoms with E-state index in [0.717, 1.165) is 17.0 Å². The Labute approximate surface area is 128 Å². The molecule has 1 N–H and O–H groups in total. The molecule has 0 unspecified atom stereocenters.